The number of aryl methyl sites for hydroxylation is 1. The quantitative estimate of drug-likeness (QED) is 0.174. The Morgan fingerprint density at radius 2 is 2.00 bits per heavy atom. The lowest BCUT2D eigenvalue weighted by atomic mass is 9.94. The van der Waals surface area contributed by atoms with Crippen LogP contribution < -0.4 is 0 Å². The van der Waals surface area contributed by atoms with Gasteiger partial charge in [0.05, 0.1) is 4.88 Å². The van der Waals surface area contributed by atoms with E-state index in [1.165, 1.54) is 36.4 Å². The van der Waals surface area contributed by atoms with Crippen LogP contribution in [0, 0.1) is 5.92 Å². The molecule has 2 aromatic carbocycles. The molecule has 4 heteroatoms. The van der Waals surface area contributed by atoms with Gasteiger partial charge in [0.1, 0.15) is 5.75 Å². The Kier molecular flexibility index (Phi) is 8.60. The second kappa shape index (κ2) is 11.9. The van der Waals surface area contributed by atoms with Gasteiger partial charge in [0.25, 0.3) is 0 Å². The fourth-order valence-electron chi connectivity index (χ4n) is 5.17. The Hall–Kier alpha value is -2.95. The number of carbonyl (C=O) groups excluding carboxylic acids is 1. The van der Waals surface area contributed by atoms with E-state index in [1.807, 2.05) is 32.1 Å². The van der Waals surface area contributed by atoms with Gasteiger partial charge in [0.2, 0.25) is 5.78 Å². The second-order valence-electron chi connectivity index (χ2n) is 9.81. The van der Waals surface area contributed by atoms with Crippen molar-refractivity contribution in [3.05, 3.63) is 88.9 Å². The molecular weight excluding hydrogens is 462 g/mol. The maximum atomic E-state index is 13.9. The van der Waals surface area contributed by atoms with Gasteiger partial charge >= 0.3 is 0 Å². The molecule has 0 bridgehead atoms. The van der Waals surface area contributed by atoms with Gasteiger partial charge < -0.3 is 10.0 Å². The first kappa shape index (κ1) is 26.1. The van der Waals surface area contributed by atoms with Crippen molar-refractivity contribution in [2.45, 2.75) is 46.5 Å². The van der Waals surface area contributed by atoms with Crippen molar-refractivity contribution < 1.29 is 9.90 Å². The highest BCUT2D eigenvalue weighted by Crippen LogP contribution is 2.42. The highest BCUT2D eigenvalue weighted by Gasteiger charge is 2.23. The molecule has 1 atom stereocenters. The minimum Gasteiger partial charge on any atom is -0.508 e. The molecule has 4 rings (SSSR count). The van der Waals surface area contributed by atoms with Crippen LogP contribution in [0.2, 0.25) is 0 Å². The number of hydrogen-bond donors (Lipinski definition) is 1. The molecule has 1 aromatic heterocycles. The van der Waals surface area contributed by atoms with E-state index in [1.54, 1.807) is 18.2 Å². The van der Waals surface area contributed by atoms with Crippen molar-refractivity contribution >= 4 is 27.2 Å². The molecule has 0 aliphatic carbocycles. The van der Waals surface area contributed by atoms with Crippen molar-refractivity contribution in [3.63, 3.8) is 0 Å². The molecule has 2 heterocycles. The predicted octanol–water partition coefficient (Wildman–Crippen LogP) is 8.20. The minimum absolute atomic E-state index is 0.00413. The zero-order chi connectivity index (χ0) is 25.7. The lowest BCUT2D eigenvalue weighted by molar-refractivity contribution is 0.104. The fourth-order valence-corrected chi connectivity index (χ4v) is 6.38. The summed E-state index contributed by atoms with van der Waals surface area (Å²) in [7, 11) is 0. The zero-order valence-electron chi connectivity index (χ0n) is 21.7. The average Bonchev–Trinajstić information content (AvgIpc) is 3.47. The first-order valence-electron chi connectivity index (χ1n) is 13.0. The molecule has 1 aliphatic heterocycles. The van der Waals surface area contributed by atoms with Crippen LogP contribution in [-0.2, 0) is 6.42 Å². The lowest BCUT2D eigenvalue weighted by Crippen LogP contribution is -2.21. The van der Waals surface area contributed by atoms with Gasteiger partial charge in [-0.1, -0.05) is 62.9 Å². The maximum Gasteiger partial charge on any atom is 0.203 e. The molecule has 0 spiro atoms. The monoisotopic (exact) mass is 499 g/mol. The molecule has 3 aromatic rings. The number of phenols is 1. The number of aromatic hydroxyl groups is 1. The summed E-state index contributed by atoms with van der Waals surface area (Å²) < 4.78 is 0.911. The summed E-state index contributed by atoms with van der Waals surface area (Å²) in [6.45, 7) is 13.9. The molecule has 3 nitrogen and oxygen atoms in total. The number of carbonyl (C=O) groups is 1. The summed E-state index contributed by atoms with van der Waals surface area (Å²) >= 11 is 1.45. The Bertz CT molecular complexity index is 1300. The molecule has 0 amide bonds. The first-order chi connectivity index (χ1) is 17.4. The fraction of sp³-hybridized carbons (Fsp3) is 0.344. The van der Waals surface area contributed by atoms with Crippen LogP contribution in [0.5, 0.6) is 5.75 Å². The highest BCUT2D eigenvalue weighted by atomic mass is 32.1. The van der Waals surface area contributed by atoms with Crippen LogP contribution in [0.3, 0.4) is 0 Å². The van der Waals surface area contributed by atoms with Crippen LogP contribution in [0.15, 0.2) is 78.4 Å². The zero-order valence-corrected chi connectivity index (χ0v) is 22.5. The topological polar surface area (TPSA) is 40.5 Å². The Balaban J connectivity index is 1.66. The number of hydrogen-bond acceptors (Lipinski definition) is 4. The molecular formula is C32H37NO2S. The molecule has 1 unspecified atom stereocenters. The number of rotatable bonds is 10. The molecule has 1 aliphatic rings. The number of Topliss-reactive ketones (excluding diaryl/α,β-unsaturated/α-hetero) is 1. The van der Waals surface area contributed by atoms with Gasteiger partial charge in [-0.05, 0) is 86.5 Å². The summed E-state index contributed by atoms with van der Waals surface area (Å²) in [5, 5.41) is 11.1. The van der Waals surface area contributed by atoms with Crippen molar-refractivity contribution in [1.29, 1.82) is 0 Å². The number of benzene rings is 2. The van der Waals surface area contributed by atoms with E-state index in [2.05, 4.69) is 42.7 Å². The van der Waals surface area contributed by atoms with Crippen molar-refractivity contribution in [2.75, 3.05) is 19.6 Å². The Labute approximate surface area is 219 Å². The SMILES string of the molecule is C=C/C(CC)=C(\C=C/C)C(=O)c1sc2cc(O)ccc2c1-c1ccc(CCCN2CCC(C)C2)cc1. The van der Waals surface area contributed by atoms with Crippen LogP contribution in [-0.4, -0.2) is 35.4 Å². The van der Waals surface area contributed by atoms with Gasteiger partial charge in [0, 0.05) is 27.8 Å². The molecule has 188 valence electrons. The summed E-state index contributed by atoms with van der Waals surface area (Å²) in [5.74, 6) is 1.04. The van der Waals surface area contributed by atoms with E-state index in [0.717, 1.165) is 58.5 Å². The largest absolute Gasteiger partial charge is 0.508 e. The molecule has 0 radical (unpaired) electrons. The maximum absolute atomic E-state index is 13.9. The molecule has 1 fully saturated rings. The van der Waals surface area contributed by atoms with Gasteiger partial charge in [0.15, 0.2) is 0 Å². The van der Waals surface area contributed by atoms with E-state index in [0.29, 0.717) is 10.5 Å². The Morgan fingerprint density at radius 1 is 1.22 bits per heavy atom. The van der Waals surface area contributed by atoms with Crippen molar-refractivity contribution in [2.24, 2.45) is 5.92 Å². The summed E-state index contributed by atoms with van der Waals surface area (Å²) in [5.41, 5.74) is 4.92. The smallest absolute Gasteiger partial charge is 0.203 e. The minimum atomic E-state index is 0.00413. The number of ketones is 1. The van der Waals surface area contributed by atoms with E-state index in [9.17, 15) is 9.90 Å². The van der Waals surface area contributed by atoms with Gasteiger partial charge in [-0.2, -0.15) is 0 Å². The highest BCUT2D eigenvalue weighted by molar-refractivity contribution is 7.21. The average molecular weight is 500 g/mol. The Morgan fingerprint density at radius 3 is 2.64 bits per heavy atom. The number of phenolic OH excluding ortho intramolecular Hbond substituents is 1. The van der Waals surface area contributed by atoms with E-state index >= 15 is 0 Å². The summed E-state index contributed by atoms with van der Waals surface area (Å²) in [4.78, 5) is 17.2. The third kappa shape index (κ3) is 5.71. The van der Waals surface area contributed by atoms with Crippen molar-refractivity contribution in [1.82, 2.24) is 4.90 Å². The van der Waals surface area contributed by atoms with Crippen LogP contribution in [0.25, 0.3) is 21.2 Å². The van der Waals surface area contributed by atoms with Crippen molar-refractivity contribution in [3.8, 4) is 16.9 Å². The van der Waals surface area contributed by atoms with Crippen LogP contribution >= 0.6 is 11.3 Å². The summed E-state index contributed by atoms with van der Waals surface area (Å²) in [6.07, 6.45) is 9.85. The lowest BCUT2D eigenvalue weighted by Gasteiger charge is -2.15. The number of fused-ring (bicyclic) bond motifs is 1. The third-order valence-corrected chi connectivity index (χ3v) is 8.27. The number of nitrogens with zero attached hydrogens (tertiary/aromatic N) is 1. The number of likely N-dealkylation sites (tertiary alicyclic amines) is 1. The molecule has 1 saturated heterocycles. The van der Waals surface area contributed by atoms with Gasteiger partial charge in [-0.25, -0.2) is 0 Å². The normalized spacial score (nSPS) is 17.1. The molecule has 36 heavy (non-hydrogen) atoms. The van der Waals surface area contributed by atoms with Crippen LogP contribution in [0.4, 0.5) is 0 Å². The standard InChI is InChI=1S/C32H37NO2S/c1-5-9-27(24(6-2)7-3)31(35)32-30(28-16-15-26(34)20-29(28)36-32)25-13-11-23(12-14-25)10-8-18-33-19-17-22(4)21-33/h5-6,9,11-16,20,22,34H,2,7-8,10,17-19,21H2,1,3-4H3/b9-5-,27-24-. The second-order valence-corrected chi connectivity index (χ2v) is 10.9. The third-order valence-electron chi connectivity index (χ3n) is 7.12. The number of thiophene rings is 1. The summed E-state index contributed by atoms with van der Waals surface area (Å²) in [6, 6.07) is 14.1. The predicted molar refractivity (Wildman–Crippen MR) is 154 cm³/mol. The number of allylic oxidation sites excluding steroid dienone is 5. The van der Waals surface area contributed by atoms with Crippen LogP contribution in [0.1, 0.15) is 55.3 Å². The van der Waals surface area contributed by atoms with Gasteiger partial charge in [-0.15, -0.1) is 11.3 Å². The van der Waals surface area contributed by atoms with E-state index in [-0.39, 0.29) is 11.5 Å². The molecule has 0 saturated carbocycles. The van der Waals surface area contributed by atoms with E-state index in [4.69, 9.17) is 0 Å². The van der Waals surface area contributed by atoms with Gasteiger partial charge in [-0.3, -0.25) is 4.79 Å². The molecule has 1 N–H and O–H groups in total. The first-order valence-corrected chi connectivity index (χ1v) is 13.9. The van der Waals surface area contributed by atoms with E-state index < -0.39 is 0 Å².